The molecular weight excluding hydrogens is 424 g/mol. The van der Waals surface area contributed by atoms with Crippen LogP contribution in [0.15, 0.2) is 48.5 Å². The first-order valence-corrected chi connectivity index (χ1v) is 10.6. The number of carbonyl (C=O) groups excluding carboxylic acids is 1. The Kier molecular flexibility index (Phi) is 7.56. The zero-order valence-corrected chi connectivity index (χ0v) is 18.1. The van der Waals surface area contributed by atoms with E-state index in [9.17, 15) is 22.4 Å². The molecule has 0 unspecified atom stereocenters. The van der Waals surface area contributed by atoms with Crippen molar-refractivity contribution >= 4 is 5.91 Å². The predicted octanol–water partition coefficient (Wildman–Crippen LogP) is 5.04. The number of nitrogens with one attached hydrogen (secondary N) is 2. The second kappa shape index (κ2) is 10.0. The van der Waals surface area contributed by atoms with E-state index in [1.54, 1.807) is 6.92 Å². The molecule has 2 aromatic rings. The molecule has 0 aromatic heterocycles. The van der Waals surface area contributed by atoms with Crippen molar-refractivity contribution in [1.29, 1.82) is 0 Å². The van der Waals surface area contributed by atoms with Crippen molar-refractivity contribution in [1.82, 2.24) is 10.6 Å². The highest BCUT2D eigenvalue weighted by atomic mass is 19.4. The number of hydrogen-bond donors (Lipinski definition) is 2. The first-order valence-electron chi connectivity index (χ1n) is 10.6. The van der Waals surface area contributed by atoms with Crippen LogP contribution < -0.4 is 10.6 Å². The van der Waals surface area contributed by atoms with E-state index in [4.69, 9.17) is 4.74 Å². The van der Waals surface area contributed by atoms with Crippen molar-refractivity contribution in [3.05, 3.63) is 70.8 Å². The van der Waals surface area contributed by atoms with Crippen molar-refractivity contribution in [3.63, 3.8) is 0 Å². The fraction of sp³-hybridized carbons (Fsp3) is 0.458. The van der Waals surface area contributed by atoms with Crippen molar-refractivity contribution in [2.75, 3.05) is 13.2 Å². The van der Waals surface area contributed by atoms with Gasteiger partial charge in [-0.15, -0.1) is 0 Å². The third kappa shape index (κ3) is 5.86. The van der Waals surface area contributed by atoms with Gasteiger partial charge in [0.1, 0.15) is 6.67 Å². The number of amides is 1. The number of hydrogen-bond acceptors (Lipinski definition) is 3. The summed E-state index contributed by atoms with van der Waals surface area (Å²) < 4.78 is 58.9. The summed E-state index contributed by atoms with van der Waals surface area (Å²) in [4.78, 5) is 11.4. The van der Waals surface area contributed by atoms with Crippen LogP contribution in [0.25, 0.3) is 0 Å². The first-order chi connectivity index (χ1) is 15.1. The predicted molar refractivity (Wildman–Crippen MR) is 114 cm³/mol. The van der Waals surface area contributed by atoms with Gasteiger partial charge in [0.2, 0.25) is 5.91 Å². The second-order valence-corrected chi connectivity index (χ2v) is 8.31. The van der Waals surface area contributed by atoms with Crippen LogP contribution in [0.1, 0.15) is 55.0 Å². The van der Waals surface area contributed by atoms with E-state index in [2.05, 4.69) is 10.6 Å². The van der Waals surface area contributed by atoms with Crippen molar-refractivity contribution in [2.45, 2.75) is 57.2 Å². The Morgan fingerprint density at radius 2 is 1.97 bits per heavy atom. The molecule has 1 heterocycles. The van der Waals surface area contributed by atoms with Crippen molar-refractivity contribution < 1.29 is 27.1 Å². The molecule has 1 saturated heterocycles. The summed E-state index contributed by atoms with van der Waals surface area (Å²) in [5, 5.41) is 6.40. The number of ether oxygens (including phenoxy) is 1. The number of halogens is 4. The highest BCUT2D eigenvalue weighted by molar-refractivity contribution is 5.73. The number of alkyl halides is 4. The summed E-state index contributed by atoms with van der Waals surface area (Å²) in [5.74, 6) is -0.0953. The van der Waals surface area contributed by atoms with Gasteiger partial charge in [-0.2, -0.15) is 13.2 Å². The lowest BCUT2D eigenvalue weighted by Gasteiger charge is -2.42. The molecular formula is C24H28F4N2O2. The maximum absolute atomic E-state index is 13.2. The van der Waals surface area contributed by atoms with E-state index < -0.39 is 30.1 Å². The van der Waals surface area contributed by atoms with E-state index in [1.807, 2.05) is 30.3 Å². The molecule has 2 N–H and O–H groups in total. The lowest BCUT2D eigenvalue weighted by molar-refractivity contribution is -0.137. The largest absolute Gasteiger partial charge is 0.416 e. The average Bonchev–Trinajstić information content (AvgIpc) is 2.78. The molecule has 0 spiro atoms. The highest BCUT2D eigenvalue weighted by Gasteiger charge is 2.38. The van der Waals surface area contributed by atoms with Crippen LogP contribution >= 0.6 is 0 Å². The Bertz CT molecular complexity index is 910. The molecule has 0 saturated carbocycles. The molecule has 32 heavy (non-hydrogen) atoms. The SMILES string of the molecule is CC(=O)N[C@H]1CC[C@@](CO[C@H](C)c2cc(CF)cc(C(F)(F)F)c2)(c2ccccc2)NC1. The molecule has 3 atom stereocenters. The van der Waals surface area contributed by atoms with Crippen LogP contribution in [0.3, 0.4) is 0 Å². The minimum atomic E-state index is -4.56. The number of benzene rings is 2. The molecule has 2 aromatic carbocycles. The van der Waals surface area contributed by atoms with Crippen molar-refractivity contribution in [3.8, 4) is 0 Å². The molecule has 3 rings (SSSR count). The van der Waals surface area contributed by atoms with Crippen LogP contribution in [0, 0.1) is 0 Å². The molecule has 8 heteroatoms. The van der Waals surface area contributed by atoms with Gasteiger partial charge in [0.25, 0.3) is 0 Å². The number of piperidine rings is 1. The normalized spacial score (nSPS) is 22.4. The van der Waals surface area contributed by atoms with Gasteiger partial charge in [-0.25, -0.2) is 4.39 Å². The maximum atomic E-state index is 13.2. The molecule has 0 radical (unpaired) electrons. The maximum Gasteiger partial charge on any atom is 0.416 e. The Morgan fingerprint density at radius 1 is 1.25 bits per heavy atom. The molecule has 4 nitrogen and oxygen atoms in total. The van der Waals surface area contributed by atoms with Gasteiger partial charge in [0, 0.05) is 19.5 Å². The summed E-state index contributed by atoms with van der Waals surface area (Å²) in [5.41, 5.74) is -0.180. The Hall–Kier alpha value is -2.45. The summed E-state index contributed by atoms with van der Waals surface area (Å²) in [6, 6.07) is 13.0. The summed E-state index contributed by atoms with van der Waals surface area (Å²) >= 11 is 0. The minimum Gasteiger partial charge on any atom is -0.372 e. The van der Waals surface area contributed by atoms with E-state index in [0.29, 0.717) is 13.0 Å². The van der Waals surface area contributed by atoms with Gasteiger partial charge in [-0.1, -0.05) is 36.4 Å². The fourth-order valence-electron chi connectivity index (χ4n) is 4.11. The summed E-state index contributed by atoms with van der Waals surface area (Å²) in [6.07, 6.45) is -3.82. The molecule has 1 amide bonds. The third-order valence-electron chi connectivity index (χ3n) is 5.89. The van der Waals surface area contributed by atoms with Gasteiger partial charge >= 0.3 is 6.18 Å². The Labute approximate surface area is 185 Å². The first kappa shape index (κ1) is 24.2. The molecule has 0 bridgehead atoms. The molecule has 0 aliphatic carbocycles. The standard InChI is InChI=1S/C24H28F4N2O2/c1-16(19-10-18(13-25)11-21(12-19)24(26,27)28)32-15-23(20-6-4-3-5-7-20)9-8-22(14-29-23)30-17(2)31/h3-7,10-12,16,22,29H,8-9,13-15H2,1-2H3,(H,30,31)/t16-,22+,23-/m1/s1. The minimum absolute atomic E-state index is 0.00246. The lowest BCUT2D eigenvalue weighted by atomic mass is 9.81. The average molecular weight is 452 g/mol. The van der Waals surface area contributed by atoms with Gasteiger partial charge in [-0.3, -0.25) is 4.79 Å². The van der Waals surface area contributed by atoms with E-state index >= 15 is 0 Å². The van der Waals surface area contributed by atoms with E-state index in [-0.39, 0.29) is 29.7 Å². The van der Waals surface area contributed by atoms with Crippen molar-refractivity contribution in [2.24, 2.45) is 0 Å². The van der Waals surface area contributed by atoms with Crippen LogP contribution in [0.5, 0.6) is 0 Å². The summed E-state index contributed by atoms with van der Waals surface area (Å²) in [7, 11) is 0. The highest BCUT2D eigenvalue weighted by Crippen LogP contribution is 2.35. The van der Waals surface area contributed by atoms with Gasteiger partial charge in [0.05, 0.1) is 23.8 Å². The fourth-order valence-corrected chi connectivity index (χ4v) is 4.11. The second-order valence-electron chi connectivity index (χ2n) is 8.31. The molecule has 174 valence electrons. The molecule has 1 fully saturated rings. The zero-order chi connectivity index (χ0) is 23.4. The lowest BCUT2D eigenvalue weighted by Crippen LogP contribution is -2.57. The topological polar surface area (TPSA) is 50.4 Å². The zero-order valence-electron chi connectivity index (χ0n) is 18.1. The Morgan fingerprint density at radius 3 is 2.53 bits per heavy atom. The van der Waals surface area contributed by atoms with Crippen LogP contribution in [0.4, 0.5) is 17.6 Å². The van der Waals surface area contributed by atoms with Gasteiger partial charge in [0.15, 0.2) is 0 Å². The van der Waals surface area contributed by atoms with Gasteiger partial charge in [-0.05, 0) is 48.6 Å². The van der Waals surface area contributed by atoms with Crippen LogP contribution in [-0.4, -0.2) is 25.1 Å². The van der Waals surface area contributed by atoms with Crippen LogP contribution in [-0.2, 0) is 27.9 Å². The monoisotopic (exact) mass is 452 g/mol. The third-order valence-corrected chi connectivity index (χ3v) is 5.89. The smallest absolute Gasteiger partial charge is 0.372 e. The van der Waals surface area contributed by atoms with E-state index in [1.165, 1.54) is 13.0 Å². The number of carbonyl (C=O) groups is 1. The number of rotatable bonds is 7. The van der Waals surface area contributed by atoms with E-state index in [0.717, 1.165) is 24.1 Å². The Balaban J connectivity index is 1.79. The summed E-state index contributed by atoms with van der Waals surface area (Å²) in [6.45, 7) is 2.92. The quantitative estimate of drug-likeness (QED) is 0.579. The van der Waals surface area contributed by atoms with Gasteiger partial charge < -0.3 is 15.4 Å². The molecule has 1 aliphatic heterocycles. The molecule has 1 aliphatic rings. The van der Waals surface area contributed by atoms with Crippen LogP contribution in [0.2, 0.25) is 0 Å².